The molecule has 0 fully saturated rings. The third-order valence-electron chi connectivity index (χ3n) is 7.29. The molecule has 1 unspecified atom stereocenters. The van der Waals surface area contributed by atoms with Crippen molar-refractivity contribution in [1.82, 2.24) is 0 Å². The second kappa shape index (κ2) is 10.4. The number of fused-ring (bicyclic) bond motifs is 2. The lowest BCUT2D eigenvalue weighted by molar-refractivity contribution is 0.0600. The van der Waals surface area contributed by atoms with Crippen molar-refractivity contribution in [2.45, 2.75) is 45.1 Å². The lowest BCUT2D eigenvalue weighted by Crippen LogP contribution is -2.37. The van der Waals surface area contributed by atoms with E-state index < -0.39 is 0 Å². The number of carbonyl (C=O) groups is 1. The van der Waals surface area contributed by atoms with E-state index in [1.165, 1.54) is 23.4 Å². The molecule has 4 heteroatoms. The summed E-state index contributed by atoms with van der Waals surface area (Å²) in [5, 5.41) is 2.65. The van der Waals surface area contributed by atoms with Crippen molar-refractivity contribution in [3.8, 4) is 5.75 Å². The number of esters is 1. The van der Waals surface area contributed by atoms with Crippen molar-refractivity contribution in [3.63, 3.8) is 0 Å². The lowest BCUT2D eigenvalue weighted by Gasteiger charge is -2.36. The molecule has 0 N–H and O–H groups in total. The van der Waals surface area contributed by atoms with Gasteiger partial charge in [-0.3, -0.25) is 0 Å². The molecule has 1 heterocycles. The van der Waals surface area contributed by atoms with Crippen LogP contribution in [0.15, 0.2) is 84.9 Å². The van der Waals surface area contributed by atoms with Gasteiger partial charge in [0, 0.05) is 5.69 Å². The van der Waals surface area contributed by atoms with E-state index in [-0.39, 0.29) is 12.1 Å². The first-order chi connectivity index (χ1) is 17.5. The minimum atomic E-state index is -0.310. The van der Waals surface area contributed by atoms with Crippen LogP contribution in [-0.4, -0.2) is 25.7 Å². The number of aryl methyl sites for hydroxylation is 1. The predicted molar refractivity (Wildman–Crippen MR) is 147 cm³/mol. The van der Waals surface area contributed by atoms with Gasteiger partial charge in [-0.05, 0) is 78.3 Å². The number of para-hydroxylation sites is 2. The van der Waals surface area contributed by atoms with E-state index >= 15 is 0 Å². The molecule has 4 aromatic carbocycles. The molecule has 0 bridgehead atoms. The van der Waals surface area contributed by atoms with E-state index in [0.717, 1.165) is 48.5 Å². The zero-order valence-corrected chi connectivity index (χ0v) is 21.2. The summed E-state index contributed by atoms with van der Waals surface area (Å²) in [7, 11) is 1.42. The van der Waals surface area contributed by atoms with Crippen molar-refractivity contribution in [3.05, 3.63) is 102 Å². The Hall–Kier alpha value is -3.79. The topological polar surface area (TPSA) is 38.8 Å². The number of benzene rings is 4. The summed E-state index contributed by atoms with van der Waals surface area (Å²) in [6.07, 6.45) is 3.22. The number of hydrogen-bond donors (Lipinski definition) is 0. The van der Waals surface area contributed by atoms with Gasteiger partial charge in [0.25, 0.3) is 0 Å². The number of ether oxygens (including phenoxy) is 2. The highest BCUT2D eigenvalue weighted by Gasteiger charge is 2.27. The van der Waals surface area contributed by atoms with E-state index in [0.29, 0.717) is 11.5 Å². The molecule has 0 saturated carbocycles. The molecule has 4 aromatic rings. The number of hydrogen-bond acceptors (Lipinski definition) is 4. The zero-order valence-electron chi connectivity index (χ0n) is 21.2. The normalized spacial score (nSPS) is 15.8. The summed E-state index contributed by atoms with van der Waals surface area (Å²) in [5.41, 5.74) is 4.92. The summed E-state index contributed by atoms with van der Waals surface area (Å²) >= 11 is 0. The second-order valence-corrected chi connectivity index (χ2v) is 9.71. The molecule has 0 radical (unpaired) electrons. The quantitative estimate of drug-likeness (QED) is 0.253. The molecule has 0 spiro atoms. The standard InChI is InChI=1S/C32H33NO3/c1-22(27-15-9-12-24-11-4-5-14-28(24)27)10-8-13-26-21-33(30-16-6-7-17-31(30)36-26)25-19-18-23(2)29(20-25)32(34)35-3/h4-7,9,11-12,14-20,22,26H,8,10,13,21H2,1-3H3/t22-,26?/m0/s1. The molecule has 5 rings (SSSR count). The van der Waals surface area contributed by atoms with Crippen LogP contribution in [0.4, 0.5) is 11.4 Å². The fourth-order valence-corrected chi connectivity index (χ4v) is 5.29. The molecular weight excluding hydrogens is 446 g/mol. The Morgan fingerprint density at radius 2 is 1.81 bits per heavy atom. The Labute approximate surface area is 213 Å². The highest BCUT2D eigenvalue weighted by molar-refractivity contribution is 5.92. The Bertz CT molecular complexity index is 1370. The van der Waals surface area contributed by atoms with Gasteiger partial charge in [-0.25, -0.2) is 4.79 Å². The van der Waals surface area contributed by atoms with Crippen LogP contribution in [0.25, 0.3) is 10.8 Å². The Morgan fingerprint density at radius 3 is 2.67 bits per heavy atom. The van der Waals surface area contributed by atoms with Crippen molar-refractivity contribution in [2.75, 3.05) is 18.6 Å². The Balaban J connectivity index is 1.32. The van der Waals surface area contributed by atoms with E-state index in [4.69, 9.17) is 9.47 Å². The van der Waals surface area contributed by atoms with Gasteiger partial charge >= 0.3 is 5.97 Å². The number of rotatable bonds is 7. The van der Waals surface area contributed by atoms with Crippen LogP contribution in [0.5, 0.6) is 5.75 Å². The van der Waals surface area contributed by atoms with Crippen molar-refractivity contribution in [2.24, 2.45) is 0 Å². The molecule has 36 heavy (non-hydrogen) atoms. The lowest BCUT2D eigenvalue weighted by atomic mass is 9.90. The van der Waals surface area contributed by atoms with Gasteiger partial charge in [-0.1, -0.05) is 67.6 Å². The van der Waals surface area contributed by atoms with Crippen LogP contribution in [0.1, 0.15) is 53.6 Å². The van der Waals surface area contributed by atoms with E-state index in [2.05, 4.69) is 66.4 Å². The van der Waals surface area contributed by atoms with Gasteiger partial charge in [0.05, 0.1) is 24.9 Å². The molecule has 1 aliphatic rings. The van der Waals surface area contributed by atoms with Crippen LogP contribution in [-0.2, 0) is 4.74 Å². The summed E-state index contributed by atoms with van der Waals surface area (Å²) in [6, 6.07) is 29.4. The molecule has 2 atom stereocenters. The van der Waals surface area contributed by atoms with Gasteiger partial charge in [-0.2, -0.15) is 0 Å². The summed E-state index contributed by atoms with van der Waals surface area (Å²) < 4.78 is 11.4. The van der Waals surface area contributed by atoms with E-state index in [1.54, 1.807) is 0 Å². The first kappa shape index (κ1) is 23.9. The van der Waals surface area contributed by atoms with Gasteiger partial charge in [0.15, 0.2) is 0 Å². The minimum Gasteiger partial charge on any atom is -0.486 e. The minimum absolute atomic E-state index is 0.0718. The van der Waals surface area contributed by atoms with Crippen LogP contribution >= 0.6 is 0 Å². The number of nitrogens with zero attached hydrogens (tertiary/aromatic N) is 1. The average Bonchev–Trinajstić information content (AvgIpc) is 2.92. The third kappa shape index (κ3) is 4.81. The van der Waals surface area contributed by atoms with Gasteiger partial charge in [0.1, 0.15) is 11.9 Å². The van der Waals surface area contributed by atoms with Gasteiger partial charge in [-0.15, -0.1) is 0 Å². The molecule has 0 saturated heterocycles. The molecule has 0 aromatic heterocycles. The molecule has 0 aliphatic carbocycles. The molecule has 0 amide bonds. The van der Waals surface area contributed by atoms with Crippen LogP contribution < -0.4 is 9.64 Å². The fourth-order valence-electron chi connectivity index (χ4n) is 5.29. The Morgan fingerprint density at radius 1 is 1.03 bits per heavy atom. The fraction of sp³-hybridized carbons (Fsp3) is 0.281. The highest BCUT2D eigenvalue weighted by atomic mass is 16.5. The summed E-state index contributed by atoms with van der Waals surface area (Å²) in [6.45, 7) is 5.00. The van der Waals surface area contributed by atoms with Gasteiger partial charge < -0.3 is 14.4 Å². The van der Waals surface area contributed by atoms with Crippen LogP contribution in [0.3, 0.4) is 0 Å². The first-order valence-corrected chi connectivity index (χ1v) is 12.7. The van der Waals surface area contributed by atoms with Crippen molar-refractivity contribution < 1.29 is 14.3 Å². The predicted octanol–water partition coefficient (Wildman–Crippen LogP) is 7.81. The largest absolute Gasteiger partial charge is 0.486 e. The van der Waals surface area contributed by atoms with Crippen LogP contribution in [0, 0.1) is 6.92 Å². The molecular formula is C32H33NO3. The maximum atomic E-state index is 12.3. The SMILES string of the molecule is COC(=O)c1cc(N2CC(CCC[C@H](C)c3cccc4ccccc34)Oc3ccccc32)ccc1C. The average molecular weight is 480 g/mol. The molecule has 184 valence electrons. The monoisotopic (exact) mass is 479 g/mol. The molecule has 4 nitrogen and oxygen atoms in total. The van der Waals surface area contributed by atoms with E-state index in [9.17, 15) is 4.79 Å². The first-order valence-electron chi connectivity index (χ1n) is 12.7. The summed E-state index contributed by atoms with van der Waals surface area (Å²) in [5.74, 6) is 1.05. The number of methoxy groups -OCH3 is 1. The van der Waals surface area contributed by atoms with Crippen molar-refractivity contribution in [1.29, 1.82) is 0 Å². The number of carbonyl (C=O) groups excluding carboxylic acids is 1. The van der Waals surface area contributed by atoms with E-state index in [1.807, 2.05) is 37.3 Å². The molecule has 1 aliphatic heterocycles. The summed E-state index contributed by atoms with van der Waals surface area (Å²) in [4.78, 5) is 14.6. The maximum Gasteiger partial charge on any atom is 0.338 e. The van der Waals surface area contributed by atoms with Crippen LogP contribution in [0.2, 0.25) is 0 Å². The zero-order chi connectivity index (χ0) is 25.1. The number of anilines is 2. The van der Waals surface area contributed by atoms with Gasteiger partial charge in [0.2, 0.25) is 0 Å². The highest BCUT2D eigenvalue weighted by Crippen LogP contribution is 2.39. The maximum absolute atomic E-state index is 12.3. The third-order valence-corrected chi connectivity index (χ3v) is 7.29. The Kier molecular flexibility index (Phi) is 6.95. The van der Waals surface area contributed by atoms with Crippen molar-refractivity contribution >= 4 is 28.1 Å². The smallest absolute Gasteiger partial charge is 0.338 e. The second-order valence-electron chi connectivity index (χ2n) is 9.71.